The summed E-state index contributed by atoms with van der Waals surface area (Å²) < 4.78 is 35.1. The van der Waals surface area contributed by atoms with Gasteiger partial charge in [0.1, 0.15) is 16.8 Å². The summed E-state index contributed by atoms with van der Waals surface area (Å²) >= 11 is 0. The molecule has 0 fully saturated rings. The smallest absolute Gasteiger partial charge is 0.337 e. The van der Waals surface area contributed by atoms with Crippen molar-refractivity contribution in [2.75, 3.05) is 30.1 Å². The number of ether oxygens (including phenoxy) is 2. The van der Waals surface area contributed by atoms with Gasteiger partial charge in [-0.2, -0.15) is 0 Å². The number of carbonyl (C=O) groups is 3. The summed E-state index contributed by atoms with van der Waals surface area (Å²) in [7, 11) is -2.89. The van der Waals surface area contributed by atoms with Crippen molar-refractivity contribution < 1.29 is 32.3 Å². The molecule has 2 amide bonds. The van der Waals surface area contributed by atoms with Crippen LogP contribution in [-0.2, 0) is 24.2 Å². The second-order valence-corrected chi connectivity index (χ2v) is 8.81. The zero-order valence-corrected chi connectivity index (χ0v) is 18.2. The third-order valence-electron chi connectivity index (χ3n) is 4.25. The number of hydrogen-bond acceptors (Lipinski definition) is 7. The minimum atomic E-state index is -4.11. The Bertz CT molecular complexity index is 1070. The summed E-state index contributed by atoms with van der Waals surface area (Å²) in [6, 6.07) is 12.5. The molecule has 1 atom stereocenters. The van der Waals surface area contributed by atoms with Crippen molar-refractivity contribution in [2.24, 2.45) is 0 Å². The van der Waals surface area contributed by atoms with Gasteiger partial charge in [-0.05, 0) is 44.2 Å². The number of benzene rings is 2. The van der Waals surface area contributed by atoms with Gasteiger partial charge in [0.05, 0.1) is 25.0 Å². The molecule has 2 N–H and O–H groups in total. The lowest BCUT2D eigenvalue weighted by Gasteiger charge is -2.15. The molecule has 2 rings (SSSR count). The van der Waals surface area contributed by atoms with E-state index in [-0.39, 0.29) is 11.3 Å². The highest BCUT2D eigenvalue weighted by atomic mass is 32.2. The molecule has 0 aliphatic heterocycles. The predicted molar refractivity (Wildman–Crippen MR) is 116 cm³/mol. The van der Waals surface area contributed by atoms with Crippen LogP contribution in [0.2, 0.25) is 0 Å². The first-order valence-electron chi connectivity index (χ1n) is 9.40. The summed E-state index contributed by atoms with van der Waals surface area (Å²) in [6.07, 6.45) is 0. The normalized spacial score (nSPS) is 11.8. The summed E-state index contributed by atoms with van der Waals surface area (Å²) in [5, 5.41) is 3.44. The van der Waals surface area contributed by atoms with Gasteiger partial charge < -0.3 is 20.1 Å². The van der Waals surface area contributed by atoms with Crippen LogP contribution in [0.3, 0.4) is 0 Å². The average Bonchev–Trinajstić information content (AvgIpc) is 2.73. The first-order chi connectivity index (χ1) is 14.7. The Kier molecular flexibility index (Phi) is 8.14. The number of nitrogens with one attached hydrogen (secondary N) is 2. The van der Waals surface area contributed by atoms with E-state index in [1.807, 2.05) is 0 Å². The van der Waals surface area contributed by atoms with E-state index in [0.29, 0.717) is 18.0 Å². The Morgan fingerprint density at radius 1 is 1.03 bits per heavy atom. The quantitative estimate of drug-likeness (QED) is 0.563. The molecule has 0 radical (unpaired) electrons. The van der Waals surface area contributed by atoms with Crippen molar-refractivity contribution in [3.63, 3.8) is 0 Å². The van der Waals surface area contributed by atoms with E-state index in [1.165, 1.54) is 38.3 Å². The van der Waals surface area contributed by atoms with Crippen molar-refractivity contribution in [2.45, 2.75) is 19.1 Å². The largest absolute Gasteiger partial charge is 0.492 e. The Morgan fingerprint density at radius 3 is 2.42 bits per heavy atom. The van der Waals surface area contributed by atoms with Crippen LogP contribution < -0.4 is 15.4 Å². The number of methoxy groups -OCH3 is 1. The lowest BCUT2D eigenvalue weighted by Crippen LogP contribution is -2.37. The average molecular weight is 448 g/mol. The Hall–Kier alpha value is -3.40. The SMILES string of the molecule is CCOc1ccccc1NC(=O)CS(=O)(=O)C(C)C(=O)Nc1cccc(C(=O)OC)c1. The Labute approximate surface area is 180 Å². The molecule has 0 saturated heterocycles. The molecule has 0 spiro atoms. The standard InChI is InChI=1S/C21H24N2O7S/c1-4-30-18-11-6-5-10-17(18)23-19(24)13-31(27,28)14(2)20(25)22-16-9-7-8-15(12-16)21(26)29-3/h5-12,14H,4,13H2,1-3H3,(H,22,25)(H,23,24). The lowest BCUT2D eigenvalue weighted by atomic mass is 10.2. The molecule has 31 heavy (non-hydrogen) atoms. The third kappa shape index (κ3) is 6.54. The highest BCUT2D eigenvalue weighted by molar-refractivity contribution is 7.93. The molecule has 0 heterocycles. The summed E-state index contributed by atoms with van der Waals surface area (Å²) in [5.41, 5.74) is 0.759. The molecular weight excluding hydrogens is 424 g/mol. The number of sulfone groups is 1. The van der Waals surface area contributed by atoms with E-state index in [0.717, 1.165) is 0 Å². The highest BCUT2D eigenvalue weighted by Crippen LogP contribution is 2.23. The van der Waals surface area contributed by atoms with Crippen molar-refractivity contribution >= 4 is 39.0 Å². The first-order valence-corrected chi connectivity index (χ1v) is 11.1. The van der Waals surface area contributed by atoms with Crippen LogP contribution in [0.1, 0.15) is 24.2 Å². The van der Waals surface area contributed by atoms with E-state index in [4.69, 9.17) is 4.74 Å². The zero-order chi connectivity index (χ0) is 23.0. The van der Waals surface area contributed by atoms with Crippen molar-refractivity contribution in [1.82, 2.24) is 0 Å². The van der Waals surface area contributed by atoms with Crippen LogP contribution >= 0.6 is 0 Å². The number of rotatable bonds is 9. The van der Waals surface area contributed by atoms with E-state index >= 15 is 0 Å². The molecule has 2 aromatic rings. The molecule has 0 aliphatic carbocycles. The number of carbonyl (C=O) groups excluding carboxylic acids is 3. The van der Waals surface area contributed by atoms with Crippen LogP contribution in [0.5, 0.6) is 5.75 Å². The van der Waals surface area contributed by atoms with Gasteiger partial charge in [-0.1, -0.05) is 18.2 Å². The van der Waals surface area contributed by atoms with Gasteiger partial charge in [-0.15, -0.1) is 0 Å². The molecular formula is C21H24N2O7S. The lowest BCUT2D eigenvalue weighted by molar-refractivity contribution is -0.115. The zero-order valence-electron chi connectivity index (χ0n) is 17.4. The van der Waals surface area contributed by atoms with Crippen LogP contribution in [0.25, 0.3) is 0 Å². The molecule has 9 nitrogen and oxygen atoms in total. The number of para-hydroxylation sites is 2. The fourth-order valence-corrected chi connectivity index (χ4v) is 3.67. The number of amides is 2. The van der Waals surface area contributed by atoms with Gasteiger partial charge in [-0.25, -0.2) is 13.2 Å². The second kappa shape index (κ2) is 10.6. The number of anilines is 2. The van der Waals surface area contributed by atoms with Crippen LogP contribution in [-0.4, -0.2) is 50.9 Å². The summed E-state index contributed by atoms with van der Waals surface area (Å²) in [4.78, 5) is 36.3. The van der Waals surface area contributed by atoms with Gasteiger partial charge in [-0.3, -0.25) is 9.59 Å². The van der Waals surface area contributed by atoms with Gasteiger partial charge in [0.15, 0.2) is 9.84 Å². The summed E-state index contributed by atoms with van der Waals surface area (Å²) in [5.74, 6) is -2.69. The van der Waals surface area contributed by atoms with Crippen molar-refractivity contribution in [3.05, 3.63) is 54.1 Å². The van der Waals surface area contributed by atoms with E-state index in [1.54, 1.807) is 31.2 Å². The highest BCUT2D eigenvalue weighted by Gasteiger charge is 2.30. The Balaban J connectivity index is 2.05. The molecule has 166 valence electrons. The van der Waals surface area contributed by atoms with E-state index in [2.05, 4.69) is 15.4 Å². The minimum absolute atomic E-state index is 0.197. The van der Waals surface area contributed by atoms with Crippen LogP contribution in [0.4, 0.5) is 11.4 Å². The number of esters is 1. The molecule has 2 aromatic carbocycles. The molecule has 0 aromatic heterocycles. The van der Waals surface area contributed by atoms with E-state index in [9.17, 15) is 22.8 Å². The topological polar surface area (TPSA) is 128 Å². The van der Waals surface area contributed by atoms with Gasteiger partial charge in [0, 0.05) is 5.69 Å². The first kappa shape index (κ1) is 23.9. The monoisotopic (exact) mass is 448 g/mol. The van der Waals surface area contributed by atoms with Gasteiger partial charge in [0.25, 0.3) is 0 Å². The fourth-order valence-electron chi connectivity index (χ4n) is 2.59. The van der Waals surface area contributed by atoms with Gasteiger partial charge in [0.2, 0.25) is 11.8 Å². The minimum Gasteiger partial charge on any atom is -0.492 e. The van der Waals surface area contributed by atoms with Crippen molar-refractivity contribution in [1.29, 1.82) is 0 Å². The van der Waals surface area contributed by atoms with Crippen LogP contribution in [0, 0.1) is 0 Å². The van der Waals surface area contributed by atoms with E-state index < -0.39 is 38.6 Å². The molecule has 1 unspecified atom stereocenters. The fraction of sp³-hybridized carbons (Fsp3) is 0.286. The maximum Gasteiger partial charge on any atom is 0.337 e. The van der Waals surface area contributed by atoms with Gasteiger partial charge >= 0.3 is 5.97 Å². The second-order valence-electron chi connectivity index (χ2n) is 6.49. The molecule has 0 aliphatic rings. The number of hydrogen-bond donors (Lipinski definition) is 2. The third-order valence-corrected chi connectivity index (χ3v) is 6.21. The molecule has 0 saturated carbocycles. The maximum atomic E-state index is 12.6. The molecule has 0 bridgehead atoms. The molecule has 10 heteroatoms. The van der Waals surface area contributed by atoms with Crippen molar-refractivity contribution in [3.8, 4) is 5.75 Å². The predicted octanol–water partition coefficient (Wildman–Crippen LogP) is 2.25. The maximum absolute atomic E-state index is 12.6. The van der Waals surface area contributed by atoms with Crippen LogP contribution in [0.15, 0.2) is 48.5 Å². The summed E-state index contributed by atoms with van der Waals surface area (Å²) in [6.45, 7) is 3.35. The Morgan fingerprint density at radius 2 is 1.74 bits per heavy atom.